The molecule has 1 heterocycles. The van der Waals surface area contributed by atoms with Gasteiger partial charge in [-0.15, -0.1) is 0 Å². The standard InChI is InChI=1S/C24H23BrN2O2/c25-21-11-9-18(10-12-21)22-6-3-15-27(22)23(28)13-14-26-24(29)20-8-7-17-4-1-2-5-19(17)16-20/h1-2,4-5,7-12,16,22H,3,6,13-15H2,(H,26,29). The molecule has 3 aromatic carbocycles. The van der Waals surface area contributed by atoms with Crippen LogP contribution in [0.2, 0.25) is 0 Å². The van der Waals surface area contributed by atoms with Gasteiger partial charge in [0.05, 0.1) is 6.04 Å². The fourth-order valence-corrected chi connectivity index (χ4v) is 4.22. The first-order chi connectivity index (χ1) is 14.1. The molecule has 0 bridgehead atoms. The highest BCUT2D eigenvalue weighted by atomic mass is 79.9. The Kier molecular flexibility index (Phi) is 5.95. The van der Waals surface area contributed by atoms with Gasteiger partial charge in [-0.05, 0) is 53.4 Å². The Morgan fingerprint density at radius 3 is 2.55 bits per heavy atom. The second-order valence-corrected chi connectivity index (χ2v) is 8.28. The number of likely N-dealkylation sites (tertiary alicyclic amines) is 1. The van der Waals surface area contributed by atoms with E-state index in [2.05, 4.69) is 33.4 Å². The lowest BCUT2D eigenvalue weighted by Gasteiger charge is -2.25. The third-order valence-electron chi connectivity index (χ3n) is 5.46. The molecule has 4 nitrogen and oxygen atoms in total. The lowest BCUT2D eigenvalue weighted by Crippen LogP contribution is -2.34. The van der Waals surface area contributed by atoms with Crippen molar-refractivity contribution in [1.82, 2.24) is 10.2 Å². The second kappa shape index (κ2) is 8.78. The Hall–Kier alpha value is -2.66. The summed E-state index contributed by atoms with van der Waals surface area (Å²) in [5.74, 6) is -0.0522. The average Bonchev–Trinajstić information content (AvgIpc) is 3.24. The highest BCUT2D eigenvalue weighted by Crippen LogP contribution is 2.32. The largest absolute Gasteiger partial charge is 0.352 e. The van der Waals surface area contributed by atoms with Gasteiger partial charge in [0.15, 0.2) is 0 Å². The summed E-state index contributed by atoms with van der Waals surface area (Å²) in [5, 5.41) is 5.02. The van der Waals surface area contributed by atoms with Gasteiger partial charge in [0, 0.05) is 29.5 Å². The molecule has 29 heavy (non-hydrogen) atoms. The minimum Gasteiger partial charge on any atom is -0.352 e. The van der Waals surface area contributed by atoms with Crippen LogP contribution in [0.15, 0.2) is 71.2 Å². The van der Waals surface area contributed by atoms with Crippen molar-refractivity contribution in [3.05, 3.63) is 82.3 Å². The summed E-state index contributed by atoms with van der Waals surface area (Å²) in [6.07, 6.45) is 2.30. The molecule has 148 valence electrons. The highest BCUT2D eigenvalue weighted by molar-refractivity contribution is 9.10. The minimum absolute atomic E-state index is 0.0919. The molecule has 1 saturated heterocycles. The van der Waals surface area contributed by atoms with Crippen molar-refractivity contribution in [1.29, 1.82) is 0 Å². The molecule has 5 heteroatoms. The van der Waals surface area contributed by atoms with Crippen LogP contribution >= 0.6 is 15.9 Å². The number of hydrogen-bond donors (Lipinski definition) is 1. The van der Waals surface area contributed by atoms with E-state index in [-0.39, 0.29) is 17.9 Å². The summed E-state index contributed by atoms with van der Waals surface area (Å²) < 4.78 is 1.04. The number of nitrogens with zero attached hydrogens (tertiary/aromatic N) is 1. The van der Waals surface area contributed by atoms with E-state index in [1.54, 1.807) is 0 Å². The second-order valence-electron chi connectivity index (χ2n) is 7.36. The molecule has 0 radical (unpaired) electrons. The van der Waals surface area contributed by atoms with Gasteiger partial charge in [-0.3, -0.25) is 9.59 Å². The SMILES string of the molecule is O=C(NCCC(=O)N1CCCC1c1ccc(Br)cc1)c1ccc2ccccc2c1. The number of carbonyl (C=O) groups is 2. The van der Waals surface area contributed by atoms with Crippen LogP contribution in [-0.2, 0) is 4.79 Å². The predicted molar refractivity (Wildman–Crippen MR) is 119 cm³/mol. The predicted octanol–water partition coefficient (Wildman–Crippen LogP) is 5.09. The molecule has 0 saturated carbocycles. The van der Waals surface area contributed by atoms with Crippen molar-refractivity contribution in [3.63, 3.8) is 0 Å². The van der Waals surface area contributed by atoms with Crippen molar-refractivity contribution in [3.8, 4) is 0 Å². The van der Waals surface area contributed by atoms with E-state index >= 15 is 0 Å². The summed E-state index contributed by atoms with van der Waals surface area (Å²) in [6.45, 7) is 1.12. The maximum atomic E-state index is 12.8. The Morgan fingerprint density at radius 2 is 1.76 bits per heavy atom. The van der Waals surface area contributed by atoms with Crippen LogP contribution in [0.3, 0.4) is 0 Å². The van der Waals surface area contributed by atoms with Gasteiger partial charge in [-0.1, -0.05) is 58.4 Å². The van der Waals surface area contributed by atoms with Gasteiger partial charge in [-0.2, -0.15) is 0 Å². The molecule has 1 fully saturated rings. The number of fused-ring (bicyclic) bond motifs is 1. The first-order valence-corrected chi connectivity index (χ1v) is 10.7. The summed E-state index contributed by atoms with van der Waals surface area (Å²) in [7, 11) is 0. The van der Waals surface area contributed by atoms with E-state index in [0.29, 0.717) is 18.5 Å². The fraction of sp³-hybridized carbons (Fsp3) is 0.250. The number of amides is 2. The van der Waals surface area contributed by atoms with Crippen molar-refractivity contribution in [2.45, 2.75) is 25.3 Å². The van der Waals surface area contributed by atoms with Crippen LogP contribution in [-0.4, -0.2) is 29.8 Å². The molecular formula is C24H23BrN2O2. The summed E-state index contributed by atoms with van der Waals surface area (Å²) in [6, 6.07) is 21.9. The minimum atomic E-state index is -0.144. The van der Waals surface area contributed by atoms with E-state index in [9.17, 15) is 9.59 Å². The van der Waals surface area contributed by atoms with Crippen LogP contribution in [0.1, 0.15) is 41.2 Å². The summed E-state index contributed by atoms with van der Waals surface area (Å²) >= 11 is 3.46. The Labute approximate surface area is 179 Å². The quantitative estimate of drug-likeness (QED) is 0.588. The zero-order chi connectivity index (χ0) is 20.2. The molecule has 1 atom stereocenters. The third kappa shape index (κ3) is 4.51. The first kappa shape index (κ1) is 19.6. The van der Waals surface area contributed by atoms with Gasteiger partial charge < -0.3 is 10.2 Å². The lowest BCUT2D eigenvalue weighted by molar-refractivity contribution is -0.132. The molecule has 1 unspecified atom stereocenters. The van der Waals surface area contributed by atoms with E-state index in [0.717, 1.165) is 34.6 Å². The van der Waals surface area contributed by atoms with Crippen molar-refractivity contribution in [2.75, 3.05) is 13.1 Å². The molecule has 1 N–H and O–H groups in total. The van der Waals surface area contributed by atoms with E-state index in [1.807, 2.05) is 59.5 Å². The molecule has 0 spiro atoms. The molecule has 4 rings (SSSR count). The van der Waals surface area contributed by atoms with Gasteiger partial charge in [-0.25, -0.2) is 0 Å². The van der Waals surface area contributed by atoms with Crippen molar-refractivity contribution in [2.24, 2.45) is 0 Å². The van der Waals surface area contributed by atoms with Crippen LogP contribution in [0.5, 0.6) is 0 Å². The number of nitrogens with one attached hydrogen (secondary N) is 1. The molecule has 0 aromatic heterocycles. The summed E-state index contributed by atoms with van der Waals surface area (Å²) in [4.78, 5) is 27.2. The normalized spacial score (nSPS) is 16.2. The summed E-state index contributed by atoms with van der Waals surface area (Å²) in [5.41, 5.74) is 1.78. The molecule has 1 aliphatic heterocycles. The first-order valence-electron chi connectivity index (χ1n) is 9.94. The number of benzene rings is 3. The van der Waals surface area contributed by atoms with Crippen LogP contribution < -0.4 is 5.32 Å². The Bertz CT molecular complexity index is 1030. The van der Waals surface area contributed by atoms with E-state index in [4.69, 9.17) is 0 Å². The lowest BCUT2D eigenvalue weighted by atomic mass is 10.0. The maximum absolute atomic E-state index is 12.8. The van der Waals surface area contributed by atoms with E-state index < -0.39 is 0 Å². The third-order valence-corrected chi connectivity index (χ3v) is 5.99. The highest BCUT2D eigenvalue weighted by Gasteiger charge is 2.29. The van der Waals surface area contributed by atoms with Crippen molar-refractivity contribution >= 4 is 38.5 Å². The Balaban J connectivity index is 1.34. The molecule has 3 aromatic rings. The molecule has 1 aliphatic rings. The number of rotatable bonds is 5. The number of hydrogen-bond acceptors (Lipinski definition) is 2. The topological polar surface area (TPSA) is 49.4 Å². The van der Waals surface area contributed by atoms with Gasteiger partial charge in [0.25, 0.3) is 5.91 Å². The van der Waals surface area contributed by atoms with Crippen LogP contribution in [0, 0.1) is 0 Å². The molecular weight excluding hydrogens is 428 g/mol. The van der Waals surface area contributed by atoms with Gasteiger partial charge in [0.2, 0.25) is 5.91 Å². The van der Waals surface area contributed by atoms with Crippen LogP contribution in [0.4, 0.5) is 0 Å². The fourth-order valence-electron chi connectivity index (χ4n) is 3.96. The smallest absolute Gasteiger partial charge is 0.251 e. The Morgan fingerprint density at radius 1 is 1.00 bits per heavy atom. The maximum Gasteiger partial charge on any atom is 0.251 e. The molecule has 2 amide bonds. The average molecular weight is 451 g/mol. The van der Waals surface area contributed by atoms with Crippen molar-refractivity contribution < 1.29 is 9.59 Å². The van der Waals surface area contributed by atoms with Gasteiger partial charge >= 0.3 is 0 Å². The zero-order valence-electron chi connectivity index (χ0n) is 16.1. The monoisotopic (exact) mass is 450 g/mol. The van der Waals surface area contributed by atoms with E-state index in [1.165, 1.54) is 5.56 Å². The zero-order valence-corrected chi connectivity index (χ0v) is 17.7. The number of halogens is 1. The van der Waals surface area contributed by atoms with Crippen LogP contribution in [0.25, 0.3) is 10.8 Å². The molecule has 0 aliphatic carbocycles. The number of carbonyl (C=O) groups excluding carboxylic acids is 2. The van der Waals surface area contributed by atoms with Gasteiger partial charge in [0.1, 0.15) is 0 Å².